The summed E-state index contributed by atoms with van der Waals surface area (Å²) in [5.41, 5.74) is 0. The molecule has 0 heterocycles. The van der Waals surface area contributed by atoms with Crippen molar-refractivity contribution in [3.63, 3.8) is 0 Å². The van der Waals surface area contributed by atoms with Gasteiger partial charge in [-0.15, -0.1) is 6.58 Å². The number of isocyanates is 2. The van der Waals surface area contributed by atoms with Crippen molar-refractivity contribution in [3.8, 4) is 0 Å². The van der Waals surface area contributed by atoms with Crippen LogP contribution in [0.5, 0.6) is 0 Å². The van der Waals surface area contributed by atoms with Crippen LogP contribution in [0.15, 0.2) is 23.0 Å². The lowest BCUT2D eigenvalue weighted by Gasteiger charge is -1.66. The fourth-order valence-corrected chi connectivity index (χ4v) is 0.0537. The zero-order valence-electron chi connectivity index (χ0n) is 5.40. The predicted molar refractivity (Wildman–Crippen MR) is 33.2 cm³/mol. The molecular weight excluding hydrogens is 136 g/mol. The molecule has 0 aliphatic rings. The second-order valence-electron chi connectivity index (χ2n) is 0.855. The van der Waals surface area contributed by atoms with E-state index >= 15 is 0 Å². The van der Waals surface area contributed by atoms with Gasteiger partial charge in [0.2, 0.25) is 0 Å². The van der Waals surface area contributed by atoms with Gasteiger partial charge in [0.25, 0.3) is 12.2 Å². The SMILES string of the molecule is C=CC.O=C=NON=C=O. The van der Waals surface area contributed by atoms with Gasteiger partial charge in [0.1, 0.15) is 0 Å². The molecule has 0 radical (unpaired) electrons. The Morgan fingerprint density at radius 1 is 1.40 bits per heavy atom. The molecule has 5 heteroatoms. The Morgan fingerprint density at radius 3 is 1.90 bits per heavy atom. The highest BCUT2D eigenvalue weighted by Gasteiger charge is 1.61. The Labute approximate surface area is 57.7 Å². The van der Waals surface area contributed by atoms with Gasteiger partial charge in [0.05, 0.1) is 0 Å². The molecule has 0 N–H and O–H groups in total. The summed E-state index contributed by atoms with van der Waals surface area (Å²) in [4.78, 5) is 21.7. The molecule has 0 saturated carbocycles. The van der Waals surface area contributed by atoms with Crippen molar-refractivity contribution in [3.05, 3.63) is 12.7 Å². The van der Waals surface area contributed by atoms with Gasteiger partial charge >= 0.3 is 0 Å². The fourth-order valence-electron chi connectivity index (χ4n) is 0.0537. The number of rotatable bonds is 2. The van der Waals surface area contributed by atoms with Gasteiger partial charge in [0, 0.05) is 10.3 Å². The minimum absolute atomic E-state index is 0.983. The van der Waals surface area contributed by atoms with E-state index < -0.39 is 0 Å². The van der Waals surface area contributed by atoms with Crippen LogP contribution in [0.25, 0.3) is 0 Å². The van der Waals surface area contributed by atoms with Crippen LogP contribution in [0, 0.1) is 0 Å². The van der Waals surface area contributed by atoms with Crippen molar-refractivity contribution in [2.45, 2.75) is 6.92 Å². The molecule has 0 rings (SSSR count). The molecule has 0 atom stereocenters. The summed E-state index contributed by atoms with van der Waals surface area (Å²) >= 11 is 0. The average Bonchev–Trinajstić information content (AvgIpc) is 1.91. The first-order valence-electron chi connectivity index (χ1n) is 2.21. The van der Waals surface area contributed by atoms with Gasteiger partial charge in [-0.2, -0.15) is 0 Å². The Balaban J connectivity index is 0. The quantitative estimate of drug-likeness (QED) is 0.246. The number of hydrogen-bond acceptors (Lipinski definition) is 5. The second-order valence-corrected chi connectivity index (χ2v) is 0.855. The van der Waals surface area contributed by atoms with Crippen molar-refractivity contribution in [2.24, 2.45) is 10.3 Å². The molecule has 0 saturated heterocycles. The van der Waals surface area contributed by atoms with E-state index in [1.807, 2.05) is 6.92 Å². The smallest absolute Gasteiger partial charge is 0.221 e. The van der Waals surface area contributed by atoms with Crippen molar-refractivity contribution in [1.29, 1.82) is 0 Å². The lowest BCUT2D eigenvalue weighted by atomic mass is 10.8. The molecule has 0 fully saturated rings. The van der Waals surface area contributed by atoms with Gasteiger partial charge < -0.3 is 0 Å². The first-order valence-corrected chi connectivity index (χ1v) is 2.21. The molecule has 0 aromatic heterocycles. The van der Waals surface area contributed by atoms with E-state index in [1.54, 1.807) is 6.08 Å². The minimum Gasteiger partial charge on any atom is -0.221 e. The van der Waals surface area contributed by atoms with Gasteiger partial charge in [-0.1, -0.05) is 6.08 Å². The number of allylic oxidation sites excluding steroid dienone is 1. The third kappa shape index (κ3) is 33.5. The van der Waals surface area contributed by atoms with E-state index in [4.69, 9.17) is 9.59 Å². The summed E-state index contributed by atoms with van der Waals surface area (Å²) in [5, 5.41) is 4.85. The zero-order chi connectivity index (χ0) is 8.24. The summed E-state index contributed by atoms with van der Waals surface area (Å²) < 4.78 is 0. The zero-order valence-corrected chi connectivity index (χ0v) is 5.40. The first kappa shape index (κ1) is 11.1. The molecule has 0 spiro atoms. The van der Waals surface area contributed by atoms with Crippen LogP contribution in [0.1, 0.15) is 6.92 Å². The van der Waals surface area contributed by atoms with Crippen LogP contribution >= 0.6 is 0 Å². The number of nitrogens with zero attached hydrogens (tertiary/aromatic N) is 2. The molecular formula is C5H6N2O3. The van der Waals surface area contributed by atoms with Gasteiger partial charge in [0.15, 0.2) is 0 Å². The molecule has 0 aliphatic carbocycles. The third-order valence-corrected chi connectivity index (χ3v) is 0.156. The van der Waals surface area contributed by atoms with Crippen LogP contribution in [0.3, 0.4) is 0 Å². The van der Waals surface area contributed by atoms with Crippen molar-refractivity contribution in [1.82, 2.24) is 0 Å². The number of carbonyl (C=O) groups excluding carboxylic acids is 2. The molecule has 0 bridgehead atoms. The lowest BCUT2D eigenvalue weighted by molar-refractivity contribution is 0.154. The Kier molecular flexibility index (Phi) is 17.5. The summed E-state index contributed by atoms with van der Waals surface area (Å²) in [5.74, 6) is 0. The van der Waals surface area contributed by atoms with Crippen LogP contribution in [-0.2, 0) is 14.5 Å². The highest BCUT2D eigenvalue weighted by molar-refractivity contribution is 5.32. The van der Waals surface area contributed by atoms with Crippen LogP contribution < -0.4 is 0 Å². The van der Waals surface area contributed by atoms with E-state index in [2.05, 4.69) is 21.8 Å². The predicted octanol–water partition coefficient (Wildman–Crippen LogP) is 0.697. The first-order chi connectivity index (χ1) is 4.83. The van der Waals surface area contributed by atoms with E-state index in [-0.39, 0.29) is 0 Å². The van der Waals surface area contributed by atoms with Crippen LogP contribution in [0.2, 0.25) is 0 Å². The summed E-state index contributed by atoms with van der Waals surface area (Å²) in [6.45, 7) is 5.25. The van der Waals surface area contributed by atoms with Crippen LogP contribution in [0.4, 0.5) is 0 Å². The summed E-state index contributed by atoms with van der Waals surface area (Å²) in [7, 11) is 0. The monoisotopic (exact) mass is 142 g/mol. The standard InChI is InChI=1S/C3H6.C2N2O3/c1-3-2;5-1-3-7-4-2-6/h3H,1H2,2H3;. The Hall–Kier alpha value is -1.70. The van der Waals surface area contributed by atoms with E-state index in [0.717, 1.165) is 12.2 Å². The molecule has 0 amide bonds. The topological polar surface area (TPSA) is 68.1 Å². The Bertz CT molecular complexity index is 150. The van der Waals surface area contributed by atoms with Gasteiger partial charge in [-0.25, -0.2) is 14.5 Å². The summed E-state index contributed by atoms with van der Waals surface area (Å²) in [6.07, 6.45) is 3.72. The fraction of sp³-hybridized carbons (Fsp3) is 0.200. The van der Waals surface area contributed by atoms with Gasteiger partial charge in [-0.05, 0) is 6.92 Å². The van der Waals surface area contributed by atoms with Crippen molar-refractivity contribution < 1.29 is 14.5 Å². The maximum Gasteiger partial charge on any atom is 0.279 e. The normalized spacial score (nSPS) is 4.90. The highest BCUT2D eigenvalue weighted by Crippen LogP contribution is 1.65. The molecule has 0 unspecified atom stereocenters. The maximum absolute atomic E-state index is 9.07. The van der Waals surface area contributed by atoms with E-state index in [0.29, 0.717) is 0 Å². The summed E-state index contributed by atoms with van der Waals surface area (Å²) in [6, 6.07) is 0. The molecule has 10 heavy (non-hydrogen) atoms. The van der Waals surface area contributed by atoms with E-state index in [9.17, 15) is 0 Å². The van der Waals surface area contributed by atoms with Gasteiger partial charge in [-0.3, -0.25) is 0 Å². The van der Waals surface area contributed by atoms with E-state index in [1.165, 1.54) is 0 Å². The minimum atomic E-state index is 0.983. The highest BCUT2D eigenvalue weighted by atomic mass is 16.8. The van der Waals surface area contributed by atoms with Crippen molar-refractivity contribution in [2.75, 3.05) is 0 Å². The average molecular weight is 142 g/mol. The Morgan fingerprint density at radius 2 is 1.70 bits per heavy atom. The molecule has 5 nitrogen and oxygen atoms in total. The molecule has 54 valence electrons. The number of hydrogen-bond donors (Lipinski definition) is 0. The third-order valence-electron chi connectivity index (χ3n) is 0.156. The molecule has 0 aromatic rings. The lowest BCUT2D eigenvalue weighted by Crippen LogP contribution is -1.61. The second kappa shape index (κ2) is 15.7. The maximum atomic E-state index is 9.07. The molecule has 0 aliphatic heterocycles. The van der Waals surface area contributed by atoms with Crippen molar-refractivity contribution >= 4 is 12.2 Å². The van der Waals surface area contributed by atoms with Crippen LogP contribution in [-0.4, -0.2) is 12.2 Å². The molecule has 0 aromatic carbocycles. The largest absolute Gasteiger partial charge is 0.279 e.